The summed E-state index contributed by atoms with van der Waals surface area (Å²) in [5, 5.41) is 18.6. The minimum absolute atomic E-state index is 0.198. The summed E-state index contributed by atoms with van der Waals surface area (Å²) in [6.07, 6.45) is 1.44. The van der Waals surface area contributed by atoms with E-state index in [4.69, 9.17) is 11.0 Å². The lowest BCUT2D eigenvalue weighted by Crippen LogP contribution is -1.98. The molecule has 2 N–H and O–H groups in total. The second kappa shape index (κ2) is 7.48. The van der Waals surface area contributed by atoms with Gasteiger partial charge in [-0.3, -0.25) is 0 Å². The molecule has 0 saturated heterocycles. The number of hydrogen-bond acceptors (Lipinski definition) is 6. The van der Waals surface area contributed by atoms with Crippen LogP contribution in [0.25, 0.3) is 11.1 Å². The lowest BCUT2D eigenvalue weighted by Gasteiger charge is -2.06. The first-order valence-corrected chi connectivity index (χ1v) is 8.43. The van der Waals surface area contributed by atoms with Crippen molar-refractivity contribution < 1.29 is 0 Å². The van der Waals surface area contributed by atoms with Crippen molar-refractivity contribution >= 4 is 17.6 Å². The molecular weight excluding hydrogens is 330 g/mol. The molecule has 3 rings (SSSR count). The lowest BCUT2D eigenvalue weighted by atomic mass is 10.00. The number of nitriles is 2. The van der Waals surface area contributed by atoms with Gasteiger partial charge in [-0.15, -0.1) is 0 Å². The van der Waals surface area contributed by atoms with Gasteiger partial charge in [0.1, 0.15) is 17.5 Å². The van der Waals surface area contributed by atoms with Gasteiger partial charge >= 0.3 is 0 Å². The standard InChI is InChI=1S/C19H13N5S/c20-9-15-3-1-2-4-17(15)14-7-5-13(6-8-14)12-25-19-23-11-16(10-21)18(22)24-19/h1-8,11H,12H2,(H2,22,23,24). The topological polar surface area (TPSA) is 99.4 Å². The van der Waals surface area contributed by atoms with Gasteiger partial charge in [-0.2, -0.15) is 10.5 Å². The van der Waals surface area contributed by atoms with Gasteiger partial charge in [-0.05, 0) is 22.8 Å². The molecule has 1 aromatic heterocycles. The first-order valence-electron chi connectivity index (χ1n) is 7.45. The summed E-state index contributed by atoms with van der Waals surface area (Å²) >= 11 is 1.45. The molecule has 0 atom stereocenters. The van der Waals surface area contributed by atoms with Crippen molar-refractivity contribution in [1.82, 2.24) is 9.97 Å². The molecule has 5 nitrogen and oxygen atoms in total. The number of thioether (sulfide) groups is 1. The van der Waals surface area contributed by atoms with E-state index in [1.54, 1.807) is 0 Å². The van der Waals surface area contributed by atoms with Crippen LogP contribution < -0.4 is 5.73 Å². The molecule has 0 amide bonds. The van der Waals surface area contributed by atoms with E-state index in [-0.39, 0.29) is 11.4 Å². The molecule has 6 heteroatoms. The number of aromatic nitrogens is 2. The first-order chi connectivity index (χ1) is 12.2. The third-order valence-corrected chi connectivity index (χ3v) is 4.53. The Labute approximate surface area is 149 Å². The van der Waals surface area contributed by atoms with E-state index in [0.29, 0.717) is 16.5 Å². The van der Waals surface area contributed by atoms with Gasteiger partial charge in [0.25, 0.3) is 0 Å². The maximum Gasteiger partial charge on any atom is 0.189 e. The number of anilines is 1. The smallest absolute Gasteiger partial charge is 0.189 e. The molecule has 0 saturated carbocycles. The maximum absolute atomic E-state index is 9.21. The minimum Gasteiger partial charge on any atom is -0.382 e. The summed E-state index contributed by atoms with van der Waals surface area (Å²) in [6.45, 7) is 0. The van der Waals surface area contributed by atoms with E-state index in [0.717, 1.165) is 16.7 Å². The third kappa shape index (κ3) is 3.77. The Hall–Kier alpha value is -3.35. The van der Waals surface area contributed by atoms with Crippen molar-refractivity contribution in [2.45, 2.75) is 10.9 Å². The fourth-order valence-electron chi connectivity index (χ4n) is 2.29. The van der Waals surface area contributed by atoms with Crippen molar-refractivity contribution in [2.24, 2.45) is 0 Å². The average Bonchev–Trinajstić information content (AvgIpc) is 2.67. The highest BCUT2D eigenvalue weighted by atomic mass is 32.2. The molecule has 0 aliphatic carbocycles. The Morgan fingerprint density at radius 2 is 1.68 bits per heavy atom. The average molecular weight is 343 g/mol. The van der Waals surface area contributed by atoms with Gasteiger partial charge in [0.15, 0.2) is 5.16 Å². The summed E-state index contributed by atoms with van der Waals surface area (Å²) in [5.41, 5.74) is 9.67. The molecule has 0 bridgehead atoms. The molecule has 0 fully saturated rings. The van der Waals surface area contributed by atoms with Crippen LogP contribution in [0.3, 0.4) is 0 Å². The predicted molar refractivity (Wildman–Crippen MR) is 97.3 cm³/mol. The summed E-state index contributed by atoms with van der Waals surface area (Å²) in [4.78, 5) is 8.24. The number of rotatable bonds is 4. The second-order valence-corrected chi connectivity index (χ2v) is 6.15. The molecule has 1 heterocycles. The van der Waals surface area contributed by atoms with Gasteiger partial charge in [0.2, 0.25) is 0 Å². The SMILES string of the molecule is N#Cc1ccccc1-c1ccc(CSc2ncc(C#N)c(N)n2)cc1. The lowest BCUT2D eigenvalue weighted by molar-refractivity contribution is 0.969. The van der Waals surface area contributed by atoms with Gasteiger partial charge in [0.05, 0.1) is 17.8 Å². The van der Waals surface area contributed by atoms with E-state index in [2.05, 4.69) is 16.0 Å². The van der Waals surface area contributed by atoms with Crippen LogP contribution in [0.15, 0.2) is 59.9 Å². The Morgan fingerprint density at radius 1 is 0.960 bits per heavy atom. The Kier molecular flexibility index (Phi) is 4.94. The normalized spacial score (nSPS) is 10.0. The molecule has 0 aliphatic rings. The van der Waals surface area contributed by atoms with E-state index in [1.165, 1.54) is 18.0 Å². The van der Waals surface area contributed by atoms with Crippen LogP contribution in [-0.4, -0.2) is 9.97 Å². The molecule has 0 radical (unpaired) electrons. The third-order valence-electron chi connectivity index (χ3n) is 3.60. The molecule has 0 aliphatic heterocycles. The fraction of sp³-hybridized carbons (Fsp3) is 0.0526. The quantitative estimate of drug-likeness (QED) is 0.572. The highest BCUT2D eigenvalue weighted by molar-refractivity contribution is 7.98. The van der Waals surface area contributed by atoms with Crippen molar-refractivity contribution in [3.05, 3.63) is 71.4 Å². The molecule has 3 aromatic rings. The van der Waals surface area contributed by atoms with Crippen LogP contribution in [0.2, 0.25) is 0 Å². The minimum atomic E-state index is 0.198. The number of benzene rings is 2. The van der Waals surface area contributed by atoms with Gasteiger partial charge < -0.3 is 5.73 Å². The van der Waals surface area contributed by atoms with Crippen LogP contribution in [0, 0.1) is 22.7 Å². The van der Waals surface area contributed by atoms with E-state index >= 15 is 0 Å². The van der Waals surface area contributed by atoms with Gasteiger partial charge in [-0.1, -0.05) is 54.2 Å². The summed E-state index contributed by atoms with van der Waals surface area (Å²) in [6, 6.07) is 19.7. The van der Waals surface area contributed by atoms with Crippen LogP contribution in [0.1, 0.15) is 16.7 Å². The zero-order chi connectivity index (χ0) is 17.6. The zero-order valence-electron chi connectivity index (χ0n) is 13.2. The summed E-state index contributed by atoms with van der Waals surface area (Å²) in [7, 11) is 0. The zero-order valence-corrected chi connectivity index (χ0v) is 14.0. The monoisotopic (exact) mass is 343 g/mol. The number of nitrogen functional groups attached to an aromatic ring is 1. The van der Waals surface area contributed by atoms with Crippen LogP contribution in [0.5, 0.6) is 0 Å². The Balaban J connectivity index is 1.72. The highest BCUT2D eigenvalue weighted by Crippen LogP contribution is 2.26. The molecule has 0 unspecified atom stereocenters. The Morgan fingerprint density at radius 3 is 2.36 bits per heavy atom. The first kappa shape index (κ1) is 16.5. The van der Waals surface area contributed by atoms with Crippen molar-refractivity contribution in [1.29, 1.82) is 10.5 Å². The maximum atomic E-state index is 9.21. The Bertz CT molecular complexity index is 984. The fourth-order valence-corrected chi connectivity index (χ4v) is 3.07. The largest absolute Gasteiger partial charge is 0.382 e. The van der Waals surface area contributed by atoms with Crippen LogP contribution >= 0.6 is 11.8 Å². The molecule has 2 aromatic carbocycles. The van der Waals surface area contributed by atoms with Crippen molar-refractivity contribution in [2.75, 3.05) is 5.73 Å². The summed E-state index contributed by atoms with van der Waals surface area (Å²) < 4.78 is 0. The number of hydrogen-bond donors (Lipinski definition) is 1. The molecular formula is C19H13N5S. The molecule has 25 heavy (non-hydrogen) atoms. The van der Waals surface area contributed by atoms with Crippen molar-refractivity contribution in [3.63, 3.8) is 0 Å². The second-order valence-electron chi connectivity index (χ2n) is 5.21. The number of nitrogens with zero attached hydrogens (tertiary/aromatic N) is 4. The summed E-state index contributed by atoms with van der Waals surface area (Å²) in [5.74, 6) is 0.884. The van der Waals surface area contributed by atoms with Crippen molar-refractivity contribution in [3.8, 4) is 23.3 Å². The predicted octanol–water partition coefficient (Wildman–Crippen LogP) is 3.76. The highest BCUT2D eigenvalue weighted by Gasteiger charge is 2.06. The van der Waals surface area contributed by atoms with E-state index in [1.807, 2.05) is 54.6 Å². The van der Waals surface area contributed by atoms with E-state index < -0.39 is 0 Å². The van der Waals surface area contributed by atoms with Crippen LogP contribution in [-0.2, 0) is 5.75 Å². The number of nitrogens with two attached hydrogens (primary N) is 1. The van der Waals surface area contributed by atoms with Gasteiger partial charge in [-0.25, -0.2) is 9.97 Å². The van der Waals surface area contributed by atoms with Crippen LogP contribution in [0.4, 0.5) is 5.82 Å². The van der Waals surface area contributed by atoms with E-state index in [9.17, 15) is 5.26 Å². The molecule has 120 valence electrons. The molecule has 0 spiro atoms. The van der Waals surface area contributed by atoms with Gasteiger partial charge in [0, 0.05) is 5.75 Å².